The van der Waals surface area contributed by atoms with Crippen LogP contribution in [0.3, 0.4) is 0 Å². The predicted octanol–water partition coefficient (Wildman–Crippen LogP) is 6.01. The molecule has 2 bridgehead atoms. The third kappa shape index (κ3) is 3.56. The van der Waals surface area contributed by atoms with Crippen molar-refractivity contribution in [1.82, 2.24) is 4.90 Å². The van der Waals surface area contributed by atoms with Gasteiger partial charge in [0.1, 0.15) is 17.4 Å². The lowest BCUT2D eigenvalue weighted by Gasteiger charge is -2.40. The van der Waals surface area contributed by atoms with E-state index in [1.807, 2.05) is 18.2 Å². The Kier molecular flexibility index (Phi) is 5.07. The molecule has 3 fully saturated rings. The summed E-state index contributed by atoms with van der Waals surface area (Å²) in [7, 11) is 1.69. The summed E-state index contributed by atoms with van der Waals surface area (Å²) >= 11 is 0. The monoisotopic (exact) mass is 397 g/mol. The van der Waals surface area contributed by atoms with Gasteiger partial charge in [0.25, 0.3) is 0 Å². The van der Waals surface area contributed by atoms with Gasteiger partial charge in [0.15, 0.2) is 0 Å². The number of halogens is 2. The first-order chi connectivity index (χ1) is 14.1. The Balaban J connectivity index is 1.36. The quantitative estimate of drug-likeness (QED) is 0.627. The second-order valence-corrected chi connectivity index (χ2v) is 9.13. The van der Waals surface area contributed by atoms with Crippen LogP contribution in [0.15, 0.2) is 36.4 Å². The summed E-state index contributed by atoms with van der Waals surface area (Å²) in [5, 5.41) is 0. The van der Waals surface area contributed by atoms with Crippen LogP contribution in [0, 0.1) is 23.5 Å². The van der Waals surface area contributed by atoms with Crippen molar-refractivity contribution in [2.45, 2.75) is 50.5 Å². The molecule has 29 heavy (non-hydrogen) atoms. The predicted molar refractivity (Wildman–Crippen MR) is 111 cm³/mol. The van der Waals surface area contributed by atoms with E-state index in [0.29, 0.717) is 17.0 Å². The fourth-order valence-electron chi connectivity index (χ4n) is 6.14. The highest BCUT2D eigenvalue weighted by Crippen LogP contribution is 2.48. The molecule has 2 aromatic rings. The second-order valence-electron chi connectivity index (χ2n) is 9.13. The standard InChI is InChI=1S/C25H29F2NO/c1-29-25-7-4-18(21-15-20(26)5-6-23(21)27)14-22(25)17-8-10-28(11-9-17)24-13-16-2-3-19(24)12-16/h4-7,14-17,19,24H,2-3,8-13H2,1H3/t16-,19?,24-/m0/s1. The van der Waals surface area contributed by atoms with E-state index in [1.165, 1.54) is 37.8 Å². The van der Waals surface area contributed by atoms with Crippen molar-refractivity contribution in [3.05, 3.63) is 53.6 Å². The molecule has 1 heterocycles. The first kappa shape index (κ1) is 19.0. The van der Waals surface area contributed by atoms with Gasteiger partial charge in [-0.15, -0.1) is 0 Å². The number of likely N-dealkylation sites (tertiary alicyclic amines) is 1. The topological polar surface area (TPSA) is 12.5 Å². The zero-order valence-electron chi connectivity index (χ0n) is 17.0. The second kappa shape index (κ2) is 7.71. The Morgan fingerprint density at radius 2 is 1.76 bits per heavy atom. The van der Waals surface area contributed by atoms with E-state index in [4.69, 9.17) is 4.74 Å². The van der Waals surface area contributed by atoms with Gasteiger partial charge in [0.2, 0.25) is 0 Å². The Bertz CT molecular complexity index is 890. The van der Waals surface area contributed by atoms with E-state index in [0.717, 1.165) is 61.2 Å². The summed E-state index contributed by atoms with van der Waals surface area (Å²) in [4.78, 5) is 2.73. The van der Waals surface area contributed by atoms with Gasteiger partial charge in [-0.3, -0.25) is 0 Å². The molecule has 2 aromatic carbocycles. The van der Waals surface area contributed by atoms with Crippen molar-refractivity contribution in [3.8, 4) is 16.9 Å². The first-order valence-corrected chi connectivity index (χ1v) is 11.0. The van der Waals surface area contributed by atoms with Crippen molar-refractivity contribution >= 4 is 0 Å². The molecule has 3 aliphatic rings. The number of rotatable bonds is 4. The van der Waals surface area contributed by atoms with E-state index in [9.17, 15) is 8.78 Å². The highest BCUT2D eigenvalue weighted by atomic mass is 19.1. The Labute approximate surface area is 171 Å². The lowest BCUT2D eigenvalue weighted by atomic mass is 9.85. The lowest BCUT2D eigenvalue weighted by molar-refractivity contribution is 0.110. The number of hydrogen-bond donors (Lipinski definition) is 0. The van der Waals surface area contributed by atoms with Gasteiger partial charge < -0.3 is 9.64 Å². The van der Waals surface area contributed by atoms with Crippen LogP contribution < -0.4 is 4.74 Å². The molecular formula is C25H29F2NO. The largest absolute Gasteiger partial charge is 0.496 e. The van der Waals surface area contributed by atoms with Crippen molar-refractivity contribution in [1.29, 1.82) is 0 Å². The molecule has 3 atom stereocenters. The highest BCUT2D eigenvalue weighted by molar-refractivity contribution is 5.67. The molecule has 0 amide bonds. The van der Waals surface area contributed by atoms with Crippen LogP contribution in [0.4, 0.5) is 8.78 Å². The summed E-state index contributed by atoms with van der Waals surface area (Å²) in [5.41, 5.74) is 2.16. The molecule has 1 aliphatic heterocycles. The number of methoxy groups -OCH3 is 1. The molecule has 154 valence electrons. The SMILES string of the molecule is COc1ccc(-c2cc(F)ccc2F)cc1C1CCN([C@H]2C[C@H]3CCC2C3)CC1. The van der Waals surface area contributed by atoms with Crippen LogP contribution >= 0.6 is 0 Å². The van der Waals surface area contributed by atoms with Gasteiger partial charge >= 0.3 is 0 Å². The van der Waals surface area contributed by atoms with E-state index in [2.05, 4.69) is 4.90 Å². The number of ether oxygens (including phenoxy) is 1. The normalized spacial score (nSPS) is 27.5. The highest BCUT2D eigenvalue weighted by Gasteiger charge is 2.43. The molecule has 2 saturated carbocycles. The third-order valence-electron chi connectivity index (χ3n) is 7.61. The summed E-state index contributed by atoms with van der Waals surface area (Å²) in [6.45, 7) is 2.25. The van der Waals surface area contributed by atoms with Crippen LogP contribution in [-0.4, -0.2) is 31.1 Å². The first-order valence-electron chi connectivity index (χ1n) is 11.0. The molecule has 0 aromatic heterocycles. The van der Waals surface area contributed by atoms with Crippen molar-refractivity contribution in [2.24, 2.45) is 11.8 Å². The van der Waals surface area contributed by atoms with Crippen LogP contribution in [-0.2, 0) is 0 Å². The van der Waals surface area contributed by atoms with Gasteiger partial charge in [-0.1, -0.05) is 12.5 Å². The smallest absolute Gasteiger partial charge is 0.131 e. The van der Waals surface area contributed by atoms with Crippen LogP contribution in [0.25, 0.3) is 11.1 Å². The van der Waals surface area contributed by atoms with Crippen LogP contribution in [0.1, 0.15) is 50.0 Å². The maximum absolute atomic E-state index is 14.3. The maximum Gasteiger partial charge on any atom is 0.131 e. The van der Waals surface area contributed by atoms with Crippen molar-refractivity contribution in [3.63, 3.8) is 0 Å². The zero-order valence-corrected chi connectivity index (χ0v) is 17.0. The fraction of sp³-hybridized carbons (Fsp3) is 0.520. The minimum Gasteiger partial charge on any atom is -0.496 e. The van der Waals surface area contributed by atoms with Crippen molar-refractivity contribution < 1.29 is 13.5 Å². The molecule has 0 N–H and O–H groups in total. The summed E-state index contributed by atoms with van der Waals surface area (Å²) < 4.78 is 33.6. The average molecular weight is 398 g/mol. The molecule has 4 heteroatoms. The van der Waals surface area contributed by atoms with Crippen LogP contribution in [0.2, 0.25) is 0 Å². The minimum absolute atomic E-state index is 0.313. The van der Waals surface area contributed by atoms with E-state index in [1.54, 1.807) is 7.11 Å². The van der Waals surface area contributed by atoms with Gasteiger partial charge in [0.05, 0.1) is 7.11 Å². The Morgan fingerprint density at radius 1 is 0.931 bits per heavy atom. The molecule has 2 aliphatic carbocycles. The van der Waals surface area contributed by atoms with Gasteiger partial charge in [-0.05, 0) is 104 Å². The number of nitrogens with zero attached hydrogens (tertiary/aromatic N) is 1. The fourth-order valence-corrected chi connectivity index (χ4v) is 6.14. The summed E-state index contributed by atoms with van der Waals surface area (Å²) in [6.07, 6.45) is 7.90. The minimum atomic E-state index is -0.419. The summed E-state index contributed by atoms with van der Waals surface area (Å²) in [5.74, 6) is 2.33. The Hall–Kier alpha value is -1.94. The van der Waals surface area contributed by atoms with E-state index >= 15 is 0 Å². The van der Waals surface area contributed by atoms with Gasteiger partial charge in [-0.25, -0.2) is 8.78 Å². The van der Waals surface area contributed by atoms with E-state index < -0.39 is 11.6 Å². The summed E-state index contributed by atoms with van der Waals surface area (Å²) in [6, 6.07) is 10.2. The number of hydrogen-bond acceptors (Lipinski definition) is 2. The molecule has 1 saturated heterocycles. The van der Waals surface area contributed by atoms with Crippen molar-refractivity contribution in [2.75, 3.05) is 20.2 Å². The molecule has 0 spiro atoms. The molecule has 1 unspecified atom stereocenters. The number of benzene rings is 2. The zero-order chi connectivity index (χ0) is 20.0. The molecular weight excluding hydrogens is 368 g/mol. The van der Waals surface area contributed by atoms with Crippen LogP contribution in [0.5, 0.6) is 5.75 Å². The lowest BCUT2D eigenvalue weighted by Crippen LogP contribution is -2.43. The maximum atomic E-state index is 14.3. The van der Waals surface area contributed by atoms with Gasteiger partial charge in [0, 0.05) is 11.6 Å². The molecule has 0 radical (unpaired) electrons. The number of fused-ring (bicyclic) bond motifs is 2. The average Bonchev–Trinajstić information content (AvgIpc) is 3.39. The Morgan fingerprint density at radius 3 is 2.45 bits per heavy atom. The molecule has 2 nitrogen and oxygen atoms in total. The van der Waals surface area contributed by atoms with Gasteiger partial charge in [-0.2, -0.15) is 0 Å². The third-order valence-corrected chi connectivity index (χ3v) is 7.61. The number of piperidine rings is 1. The van der Waals surface area contributed by atoms with E-state index in [-0.39, 0.29) is 0 Å². The molecule has 5 rings (SSSR count).